The van der Waals surface area contributed by atoms with Crippen LogP contribution in [0.4, 0.5) is 10.2 Å². The number of nitrogen functional groups attached to an aromatic ring is 1. The molecule has 142 valence electrons. The maximum atomic E-state index is 13.4. The third-order valence-corrected chi connectivity index (χ3v) is 5.74. The van der Waals surface area contributed by atoms with Gasteiger partial charge in [-0.25, -0.2) is 9.37 Å². The van der Waals surface area contributed by atoms with Crippen LogP contribution in [0.25, 0.3) is 26.5 Å². The Balaban J connectivity index is 1.59. The average molecular weight is 406 g/mol. The normalized spacial score (nSPS) is 13.0. The lowest BCUT2D eigenvalue weighted by atomic mass is 10.1. The number of rotatable bonds is 2. The molecule has 3 heterocycles. The summed E-state index contributed by atoms with van der Waals surface area (Å²) < 4.78 is 15.3. The molecule has 0 bridgehead atoms. The highest BCUT2D eigenvalue weighted by atomic mass is 32.1. The fourth-order valence-corrected chi connectivity index (χ4v) is 4.32. The molecule has 0 atom stereocenters. The average Bonchev–Trinajstić information content (AvgIpc) is 3.22. The minimum absolute atomic E-state index is 0.00752. The van der Waals surface area contributed by atoms with Gasteiger partial charge in [0, 0.05) is 11.6 Å². The van der Waals surface area contributed by atoms with Gasteiger partial charge in [0.1, 0.15) is 16.6 Å². The molecule has 0 fully saturated rings. The molecule has 7 nitrogen and oxygen atoms in total. The molecule has 3 N–H and O–H groups in total. The van der Waals surface area contributed by atoms with Crippen LogP contribution in [0.1, 0.15) is 20.7 Å². The Bertz CT molecular complexity index is 1410. The van der Waals surface area contributed by atoms with Crippen LogP contribution in [0, 0.1) is 5.82 Å². The number of imide groups is 1. The van der Waals surface area contributed by atoms with E-state index in [-0.39, 0.29) is 22.8 Å². The highest BCUT2D eigenvalue weighted by Crippen LogP contribution is 2.31. The van der Waals surface area contributed by atoms with Gasteiger partial charge in [0.25, 0.3) is 17.4 Å². The zero-order valence-corrected chi connectivity index (χ0v) is 15.4. The first-order valence-corrected chi connectivity index (χ1v) is 9.32. The topological polar surface area (TPSA) is 107 Å². The van der Waals surface area contributed by atoms with Crippen molar-refractivity contribution >= 4 is 39.2 Å². The Morgan fingerprint density at radius 3 is 2.52 bits per heavy atom. The van der Waals surface area contributed by atoms with E-state index in [1.807, 2.05) is 0 Å². The molecule has 29 heavy (non-hydrogen) atoms. The molecule has 0 aliphatic carbocycles. The summed E-state index contributed by atoms with van der Waals surface area (Å²) in [5, 5.41) is 2.84. The van der Waals surface area contributed by atoms with Crippen LogP contribution < -0.4 is 16.6 Å². The number of thiazole rings is 1. The molecule has 0 radical (unpaired) electrons. The quantitative estimate of drug-likeness (QED) is 0.498. The summed E-state index contributed by atoms with van der Waals surface area (Å²) in [6.07, 6.45) is 0. The summed E-state index contributed by atoms with van der Waals surface area (Å²) in [4.78, 5) is 40.7. The largest absolute Gasteiger partial charge is 0.384 e. The Morgan fingerprint density at radius 2 is 1.76 bits per heavy atom. The van der Waals surface area contributed by atoms with Gasteiger partial charge in [-0.05, 0) is 42.5 Å². The van der Waals surface area contributed by atoms with Gasteiger partial charge in [-0.1, -0.05) is 0 Å². The van der Waals surface area contributed by atoms with E-state index in [9.17, 15) is 18.8 Å². The van der Waals surface area contributed by atoms with Crippen LogP contribution in [0.2, 0.25) is 0 Å². The number of hydrogen-bond acceptors (Lipinski definition) is 6. The summed E-state index contributed by atoms with van der Waals surface area (Å²) in [7, 11) is 0. The van der Waals surface area contributed by atoms with E-state index < -0.39 is 17.4 Å². The highest BCUT2D eigenvalue weighted by Gasteiger charge is 2.31. The second kappa shape index (κ2) is 6.08. The van der Waals surface area contributed by atoms with E-state index >= 15 is 0 Å². The Kier molecular flexibility index (Phi) is 3.62. The van der Waals surface area contributed by atoms with E-state index in [2.05, 4.69) is 10.3 Å². The first-order chi connectivity index (χ1) is 13.9. The van der Waals surface area contributed by atoms with Crippen molar-refractivity contribution in [3.05, 3.63) is 75.8 Å². The first-order valence-electron chi connectivity index (χ1n) is 8.50. The smallest absolute Gasteiger partial charge is 0.262 e. The summed E-state index contributed by atoms with van der Waals surface area (Å²) in [5.74, 6) is -1.69. The van der Waals surface area contributed by atoms with Crippen LogP contribution in [0.3, 0.4) is 0 Å². The lowest BCUT2D eigenvalue weighted by molar-refractivity contribution is 0.0880. The number of fused-ring (bicyclic) bond motifs is 2. The van der Waals surface area contributed by atoms with E-state index in [1.54, 1.807) is 30.3 Å². The monoisotopic (exact) mass is 406 g/mol. The number of amides is 2. The predicted octanol–water partition coefficient (Wildman–Crippen LogP) is 2.72. The molecule has 1 aliphatic rings. The number of halogens is 1. The molecule has 0 saturated carbocycles. The van der Waals surface area contributed by atoms with Crippen LogP contribution in [0.15, 0.2) is 53.3 Å². The number of anilines is 1. The van der Waals surface area contributed by atoms with Crippen molar-refractivity contribution in [2.75, 3.05) is 5.73 Å². The molecule has 2 aromatic heterocycles. The van der Waals surface area contributed by atoms with Crippen LogP contribution in [-0.4, -0.2) is 21.4 Å². The first kappa shape index (κ1) is 17.3. The van der Waals surface area contributed by atoms with Gasteiger partial charge in [0.2, 0.25) is 0 Å². The van der Waals surface area contributed by atoms with Crippen molar-refractivity contribution in [1.29, 1.82) is 0 Å². The van der Waals surface area contributed by atoms with E-state index in [0.717, 1.165) is 16.3 Å². The van der Waals surface area contributed by atoms with Gasteiger partial charge in [0.15, 0.2) is 0 Å². The number of pyridine rings is 1. The molecular formula is C20H11FN4O3S. The van der Waals surface area contributed by atoms with Crippen molar-refractivity contribution in [3.8, 4) is 16.3 Å². The standard InChI is InChI=1S/C20H11FN4O3S/c21-10-3-6-13-14(7-10)29-20(23-13)9-1-4-11(5-2-9)25-15(26)8-12-16(17(25)22)19(28)24-18(12)27/h1-8H,22H2,(H,24,27,28). The van der Waals surface area contributed by atoms with Crippen LogP contribution >= 0.6 is 11.3 Å². The van der Waals surface area contributed by atoms with Crippen molar-refractivity contribution in [2.24, 2.45) is 0 Å². The molecule has 9 heteroatoms. The predicted molar refractivity (Wildman–Crippen MR) is 107 cm³/mol. The SMILES string of the molecule is Nc1c2c(cc(=O)n1-c1ccc(-c3nc4ccc(F)cc4s3)cc1)C(=O)NC2=O. The zero-order chi connectivity index (χ0) is 20.3. The number of carbonyl (C=O) groups excluding carboxylic acids is 2. The van der Waals surface area contributed by atoms with Gasteiger partial charge in [-0.2, -0.15) is 0 Å². The van der Waals surface area contributed by atoms with E-state index in [4.69, 9.17) is 5.73 Å². The molecule has 5 rings (SSSR count). The lowest BCUT2D eigenvalue weighted by Crippen LogP contribution is -2.24. The highest BCUT2D eigenvalue weighted by molar-refractivity contribution is 7.21. The molecule has 0 unspecified atom stereocenters. The minimum atomic E-state index is -0.636. The van der Waals surface area contributed by atoms with Crippen molar-refractivity contribution < 1.29 is 14.0 Å². The fourth-order valence-electron chi connectivity index (χ4n) is 3.32. The molecule has 1 aliphatic heterocycles. The summed E-state index contributed by atoms with van der Waals surface area (Å²) in [6.45, 7) is 0. The van der Waals surface area contributed by atoms with Crippen LogP contribution in [-0.2, 0) is 0 Å². The summed E-state index contributed by atoms with van der Waals surface area (Å²) >= 11 is 1.35. The van der Waals surface area contributed by atoms with Gasteiger partial charge in [-0.3, -0.25) is 24.3 Å². The molecule has 0 saturated heterocycles. The second-order valence-electron chi connectivity index (χ2n) is 6.45. The van der Waals surface area contributed by atoms with Crippen LogP contribution in [0.5, 0.6) is 0 Å². The van der Waals surface area contributed by atoms with Crippen molar-refractivity contribution in [2.45, 2.75) is 0 Å². The second-order valence-corrected chi connectivity index (χ2v) is 7.48. The maximum absolute atomic E-state index is 13.4. The molecule has 2 amide bonds. The Hall–Kier alpha value is -3.85. The third-order valence-electron chi connectivity index (χ3n) is 4.68. The zero-order valence-electron chi connectivity index (χ0n) is 14.6. The molecular weight excluding hydrogens is 395 g/mol. The number of nitrogens with one attached hydrogen (secondary N) is 1. The Morgan fingerprint density at radius 1 is 1.00 bits per heavy atom. The number of carbonyl (C=O) groups is 2. The van der Waals surface area contributed by atoms with Gasteiger partial charge in [0.05, 0.1) is 27.0 Å². The van der Waals surface area contributed by atoms with Crippen molar-refractivity contribution in [3.63, 3.8) is 0 Å². The van der Waals surface area contributed by atoms with E-state index in [0.29, 0.717) is 16.2 Å². The minimum Gasteiger partial charge on any atom is -0.384 e. The number of aromatic nitrogens is 2. The van der Waals surface area contributed by atoms with Gasteiger partial charge in [-0.15, -0.1) is 11.3 Å². The number of hydrogen-bond donors (Lipinski definition) is 2. The Labute approximate surface area is 166 Å². The number of benzene rings is 2. The maximum Gasteiger partial charge on any atom is 0.262 e. The molecule has 0 spiro atoms. The third kappa shape index (κ3) is 2.63. The van der Waals surface area contributed by atoms with Crippen molar-refractivity contribution in [1.82, 2.24) is 14.9 Å². The fraction of sp³-hybridized carbons (Fsp3) is 0. The van der Waals surface area contributed by atoms with Gasteiger partial charge >= 0.3 is 0 Å². The molecule has 2 aromatic carbocycles. The lowest BCUT2D eigenvalue weighted by Gasteiger charge is -2.12. The van der Waals surface area contributed by atoms with E-state index in [1.165, 1.54) is 28.0 Å². The number of nitrogens with zero attached hydrogens (tertiary/aromatic N) is 2. The summed E-state index contributed by atoms with van der Waals surface area (Å²) in [5.41, 5.74) is 7.42. The molecule has 4 aromatic rings. The van der Waals surface area contributed by atoms with Gasteiger partial charge < -0.3 is 5.73 Å². The number of nitrogens with two attached hydrogens (primary N) is 1. The summed E-state index contributed by atoms with van der Waals surface area (Å²) in [6, 6.07) is 12.4.